The highest BCUT2D eigenvalue weighted by Crippen LogP contribution is 2.18. The SMILES string of the molecule is CC(C)C[C@@H](N)C(=O)N1CCN(CC2CCN(C)CC2)CC1. The summed E-state index contributed by atoms with van der Waals surface area (Å²) in [4.78, 5) is 19.3. The summed E-state index contributed by atoms with van der Waals surface area (Å²) in [5.74, 6) is 1.46. The van der Waals surface area contributed by atoms with E-state index in [0.717, 1.165) is 38.5 Å². The molecular weight excluding hydrogens is 276 g/mol. The van der Waals surface area contributed by atoms with Gasteiger partial charge in [-0.25, -0.2) is 0 Å². The topological polar surface area (TPSA) is 52.8 Å². The number of carbonyl (C=O) groups excluding carboxylic acids is 1. The molecule has 0 radical (unpaired) electrons. The Bertz CT molecular complexity index is 345. The van der Waals surface area contributed by atoms with E-state index in [9.17, 15) is 4.79 Å². The second kappa shape index (κ2) is 8.27. The average molecular weight is 310 g/mol. The quantitative estimate of drug-likeness (QED) is 0.818. The highest BCUT2D eigenvalue weighted by atomic mass is 16.2. The summed E-state index contributed by atoms with van der Waals surface area (Å²) in [7, 11) is 2.21. The summed E-state index contributed by atoms with van der Waals surface area (Å²) in [6.07, 6.45) is 3.42. The largest absolute Gasteiger partial charge is 0.339 e. The smallest absolute Gasteiger partial charge is 0.239 e. The molecule has 2 rings (SSSR count). The van der Waals surface area contributed by atoms with Crippen molar-refractivity contribution in [3.63, 3.8) is 0 Å². The molecule has 5 heteroatoms. The summed E-state index contributed by atoms with van der Waals surface area (Å²) < 4.78 is 0. The van der Waals surface area contributed by atoms with E-state index < -0.39 is 0 Å². The van der Waals surface area contributed by atoms with E-state index >= 15 is 0 Å². The van der Waals surface area contributed by atoms with Crippen LogP contribution in [0, 0.1) is 11.8 Å². The number of hydrogen-bond donors (Lipinski definition) is 1. The van der Waals surface area contributed by atoms with Gasteiger partial charge in [0, 0.05) is 32.7 Å². The summed E-state index contributed by atoms with van der Waals surface area (Å²) in [6, 6.07) is -0.319. The Balaban J connectivity index is 1.70. The molecule has 1 amide bonds. The van der Waals surface area contributed by atoms with E-state index in [4.69, 9.17) is 5.73 Å². The number of carbonyl (C=O) groups is 1. The van der Waals surface area contributed by atoms with Gasteiger partial charge in [-0.05, 0) is 51.2 Å². The third-order valence-corrected chi connectivity index (χ3v) is 5.08. The first-order chi connectivity index (χ1) is 10.5. The summed E-state index contributed by atoms with van der Waals surface area (Å²) in [5, 5.41) is 0. The molecule has 2 heterocycles. The van der Waals surface area contributed by atoms with Gasteiger partial charge in [0.25, 0.3) is 0 Å². The molecule has 0 aromatic rings. The van der Waals surface area contributed by atoms with Crippen LogP contribution < -0.4 is 5.73 Å². The Morgan fingerprint density at radius 2 is 1.68 bits per heavy atom. The molecule has 2 aliphatic rings. The Kier molecular flexibility index (Phi) is 6.66. The predicted octanol–water partition coefficient (Wildman–Crippen LogP) is 0.846. The van der Waals surface area contributed by atoms with E-state index in [1.807, 2.05) is 4.90 Å². The molecule has 2 aliphatic heterocycles. The number of nitrogens with zero attached hydrogens (tertiary/aromatic N) is 3. The van der Waals surface area contributed by atoms with Crippen molar-refractivity contribution >= 4 is 5.91 Å². The van der Waals surface area contributed by atoms with Crippen molar-refractivity contribution < 1.29 is 4.79 Å². The van der Waals surface area contributed by atoms with Gasteiger partial charge in [0.15, 0.2) is 0 Å². The van der Waals surface area contributed by atoms with Gasteiger partial charge in [-0.3, -0.25) is 9.69 Å². The van der Waals surface area contributed by atoms with Crippen LogP contribution in [-0.2, 0) is 4.79 Å². The average Bonchev–Trinajstić information content (AvgIpc) is 2.49. The predicted molar refractivity (Wildman–Crippen MR) is 90.7 cm³/mol. The van der Waals surface area contributed by atoms with Crippen molar-refractivity contribution in [2.24, 2.45) is 17.6 Å². The van der Waals surface area contributed by atoms with Gasteiger partial charge in [-0.1, -0.05) is 13.8 Å². The number of nitrogens with two attached hydrogens (primary N) is 1. The molecule has 2 N–H and O–H groups in total. The highest BCUT2D eigenvalue weighted by molar-refractivity contribution is 5.81. The molecule has 128 valence electrons. The monoisotopic (exact) mass is 310 g/mol. The number of rotatable bonds is 5. The van der Waals surface area contributed by atoms with Crippen LogP contribution in [0.1, 0.15) is 33.1 Å². The standard InChI is InChI=1S/C17H34N4O/c1-14(2)12-16(18)17(22)21-10-8-20(9-11-21)13-15-4-6-19(3)7-5-15/h14-16H,4-13,18H2,1-3H3/t16-/m1/s1. The molecule has 2 fully saturated rings. The third-order valence-electron chi connectivity index (χ3n) is 5.08. The van der Waals surface area contributed by atoms with Gasteiger partial charge in [0.2, 0.25) is 5.91 Å². The molecule has 0 unspecified atom stereocenters. The van der Waals surface area contributed by atoms with Crippen LogP contribution in [0.3, 0.4) is 0 Å². The fourth-order valence-electron chi connectivity index (χ4n) is 3.60. The molecule has 0 aromatic heterocycles. The summed E-state index contributed by atoms with van der Waals surface area (Å²) in [6.45, 7) is 11.6. The number of hydrogen-bond acceptors (Lipinski definition) is 4. The minimum atomic E-state index is -0.319. The van der Waals surface area contributed by atoms with E-state index in [-0.39, 0.29) is 11.9 Å². The zero-order valence-corrected chi connectivity index (χ0v) is 14.6. The maximum atomic E-state index is 12.3. The minimum absolute atomic E-state index is 0.146. The van der Waals surface area contributed by atoms with Crippen molar-refractivity contribution in [1.29, 1.82) is 0 Å². The molecule has 5 nitrogen and oxygen atoms in total. The van der Waals surface area contributed by atoms with Crippen LogP contribution in [0.4, 0.5) is 0 Å². The van der Waals surface area contributed by atoms with Crippen LogP contribution in [0.2, 0.25) is 0 Å². The van der Waals surface area contributed by atoms with Crippen LogP contribution in [0.5, 0.6) is 0 Å². The molecule has 0 aromatic carbocycles. The Hall–Kier alpha value is -0.650. The van der Waals surface area contributed by atoms with Crippen LogP contribution in [0.25, 0.3) is 0 Å². The second-order valence-corrected chi connectivity index (χ2v) is 7.61. The van der Waals surface area contributed by atoms with E-state index in [1.165, 1.54) is 32.5 Å². The van der Waals surface area contributed by atoms with Gasteiger partial charge in [-0.2, -0.15) is 0 Å². The lowest BCUT2D eigenvalue weighted by molar-refractivity contribution is -0.134. The minimum Gasteiger partial charge on any atom is -0.339 e. The molecule has 2 saturated heterocycles. The van der Waals surface area contributed by atoms with Gasteiger partial charge in [0.05, 0.1) is 6.04 Å². The van der Waals surface area contributed by atoms with Crippen LogP contribution >= 0.6 is 0 Å². The van der Waals surface area contributed by atoms with Gasteiger partial charge in [-0.15, -0.1) is 0 Å². The van der Waals surface area contributed by atoms with E-state index in [1.54, 1.807) is 0 Å². The van der Waals surface area contributed by atoms with E-state index in [2.05, 4.69) is 30.7 Å². The highest BCUT2D eigenvalue weighted by Gasteiger charge is 2.27. The Morgan fingerprint density at radius 3 is 2.23 bits per heavy atom. The first-order valence-corrected chi connectivity index (χ1v) is 8.91. The Labute approximate surface area is 135 Å². The summed E-state index contributed by atoms with van der Waals surface area (Å²) >= 11 is 0. The lowest BCUT2D eigenvalue weighted by Gasteiger charge is -2.39. The fourth-order valence-corrected chi connectivity index (χ4v) is 3.60. The molecule has 0 spiro atoms. The number of amides is 1. The normalized spacial score (nSPS) is 24.0. The molecule has 0 aliphatic carbocycles. The van der Waals surface area contributed by atoms with Crippen molar-refractivity contribution in [1.82, 2.24) is 14.7 Å². The molecule has 22 heavy (non-hydrogen) atoms. The lowest BCUT2D eigenvalue weighted by atomic mass is 9.96. The molecule has 0 bridgehead atoms. The molecule has 1 atom stereocenters. The van der Waals surface area contributed by atoms with E-state index in [0.29, 0.717) is 5.92 Å². The first kappa shape index (κ1) is 17.7. The summed E-state index contributed by atoms with van der Waals surface area (Å²) in [5.41, 5.74) is 6.04. The van der Waals surface area contributed by atoms with Crippen molar-refractivity contribution in [3.8, 4) is 0 Å². The number of likely N-dealkylation sites (tertiary alicyclic amines) is 1. The Morgan fingerprint density at radius 1 is 1.09 bits per heavy atom. The zero-order chi connectivity index (χ0) is 16.1. The van der Waals surface area contributed by atoms with Crippen LogP contribution in [-0.4, -0.2) is 79.5 Å². The lowest BCUT2D eigenvalue weighted by Crippen LogP contribution is -2.54. The molecule has 0 saturated carbocycles. The maximum Gasteiger partial charge on any atom is 0.239 e. The fraction of sp³-hybridized carbons (Fsp3) is 0.941. The number of piperidine rings is 1. The van der Waals surface area contributed by atoms with Gasteiger partial charge in [0.1, 0.15) is 0 Å². The van der Waals surface area contributed by atoms with Crippen molar-refractivity contribution in [2.45, 2.75) is 39.2 Å². The first-order valence-electron chi connectivity index (χ1n) is 8.91. The second-order valence-electron chi connectivity index (χ2n) is 7.61. The van der Waals surface area contributed by atoms with Crippen molar-refractivity contribution in [2.75, 3.05) is 52.9 Å². The van der Waals surface area contributed by atoms with Crippen LogP contribution in [0.15, 0.2) is 0 Å². The zero-order valence-electron chi connectivity index (χ0n) is 14.6. The van der Waals surface area contributed by atoms with Gasteiger partial charge >= 0.3 is 0 Å². The van der Waals surface area contributed by atoms with Gasteiger partial charge < -0.3 is 15.5 Å². The number of piperazine rings is 1. The third kappa shape index (κ3) is 5.21. The maximum absolute atomic E-state index is 12.3. The molecular formula is C17H34N4O. The van der Waals surface area contributed by atoms with Crippen molar-refractivity contribution in [3.05, 3.63) is 0 Å².